The molecule has 1 fully saturated rings. The predicted molar refractivity (Wildman–Crippen MR) is 79.1 cm³/mol. The molecule has 0 saturated carbocycles. The monoisotopic (exact) mass is 306 g/mol. The largest absolute Gasteiger partial charge is 0.452 e. The number of rotatable bonds is 2. The standard InChI is InChI=1S/C14H18N4O4/c1-9-3-5-11(6-4-9)18-8-10(7-12(18)19)15-13(20)16-17-14(21)22-2/h3-6,10H,7-8H2,1-2H3,(H,17,21)(H2,15,16,20)/t10-/m1/s1. The molecule has 1 saturated heterocycles. The third-order valence-electron chi connectivity index (χ3n) is 3.27. The van der Waals surface area contributed by atoms with Crippen LogP contribution in [0.2, 0.25) is 0 Å². The Morgan fingerprint density at radius 3 is 2.55 bits per heavy atom. The molecule has 2 rings (SSSR count). The van der Waals surface area contributed by atoms with Gasteiger partial charge in [0.1, 0.15) is 0 Å². The number of carbonyl (C=O) groups is 3. The molecule has 1 heterocycles. The van der Waals surface area contributed by atoms with Gasteiger partial charge in [0.15, 0.2) is 0 Å². The lowest BCUT2D eigenvalue weighted by atomic mass is 10.2. The number of nitrogens with zero attached hydrogens (tertiary/aromatic N) is 1. The highest BCUT2D eigenvalue weighted by Crippen LogP contribution is 2.21. The van der Waals surface area contributed by atoms with Gasteiger partial charge in [-0.25, -0.2) is 20.4 Å². The van der Waals surface area contributed by atoms with Crippen LogP contribution in [0.15, 0.2) is 24.3 Å². The smallest absolute Gasteiger partial charge is 0.425 e. The van der Waals surface area contributed by atoms with Gasteiger partial charge in [0.05, 0.1) is 13.2 Å². The molecule has 0 aromatic heterocycles. The van der Waals surface area contributed by atoms with Crippen molar-refractivity contribution in [2.24, 2.45) is 0 Å². The minimum atomic E-state index is -0.779. The van der Waals surface area contributed by atoms with Crippen molar-refractivity contribution in [2.75, 3.05) is 18.6 Å². The fraction of sp³-hybridized carbons (Fsp3) is 0.357. The Kier molecular flexibility index (Phi) is 4.82. The maximum atomic E-state index is 12.0. The van der Waals surface area contributed by atoms with Crippen LogP contribution in [-0.2, 0) is 9.53 Å². The second-order valence-corrected chi connectivity index (χ2v) is 4.96. The third kappa shape index (κ3) is 3.87. The number of hydrazine groups is 1. The maximum Gasteiger partial charge on any atom is 0.425 e. The first-order valence-electron chi connectivity index (χ1n) is 6.77. The van der Waals surface area contributed by atoms with Gasteiger partial charge in [-0.1, -0.05) is 17.7 Å². The first kappa shape index (κ1) is 15.6. The topological polar surface area (TPSA) is 99.8 Å². The number of hydrogen-bond acceptors (Lipinski definition) is 4. The van der Waals surface area contributed by atoms with Crippen molar-refractivity contribution in [3.05, 3.63) is 29.8 Å². The molecule has 0 spiro atoms. The van der Waals surface area contributed by atoms with Gasteiger partial charge in [-0.15, -0.1) is 0 Å². The fourth-order valence-corrected chi connectivity index (χ4v) is 2.16. The molecular weight excluding hydrogens is 288 g/mol. The van der Waals surface area contributed by atoms with Crippen molar-refractivity contribution in [1.29, 1.82) is 0 Å². The highest BCUT2D eigenvalue weighted by atomic mass is 16.5. The van der Waals surface area contributed by atoms with Gasteiger partial charge in [-0.2, -0.15) is 0 Å². The normalized spacial score (nSPS) is 17.1. The molecule has 0 bridgehead atoms. The van der Waals surface area contributed by atoms with Gasteiger partial charge in [0.2, 0.25) is 5.91 Å². The van der Waals surface area contributed by atoms with E-state index in [1.54, 1.807) is 4.90 Å². The molecule has 8 heteroatoms. The average molecular weight is 306 g/mol. The summed E-state index contributed by atoms with van der Waals surface area (Å²) < 4.78 is 4.32. The molecule has 0 unspecified atom stereocenters. The van der Waals surface area contributed by atoms with Crippen molar-refractivity contribution in [3.63, 3.8) is 0 Å². The molecule has 1 aliphatic heterocycles. The lowest BCUT2D eigenvalue weighted by Crippen LogP contribution is -2.50. The van der Waals surface area contributed by atoms with Crippen molar-refractivity contribution in [2.45, 2.75) is 19.4 Å². The molecule has 8 nitrogen and oxygen atoms in total. The molecule has 22 heavy (non-hydrogen) atoms. The van der Waals surface area contributed by atoms with E-state index >= 15 is 0 Å². The van der Waals surface area contributed by atoms with E-state index in [1.807, 2.05) is 36.6 Å². The Balaban J connectivity index is 1.88. The highest BCUT2D eigenvalue weighted by Gasteiger charge is 2.31. The van der Waals surface area contributed by atoms with Crippen LogP contribution in [0.25, 0.3) is 0 Å². The summed E-state index contributed by atoms with van der Waals surface area (Å²) in [5, 5.41) is 2.62. The van der Waals surface area contributed by atoms with Crippen LogP contribution in [0.5, 0.6) is 0 Å². The zero-order chi connectivity index (χ0) is 16.1. The highest BCUT2D eigenvalue weighted by molar-refractivity contribution is 5.96. The Hall–Kier alpha value is -2.77. The van der Waals surface area contributed by atoms with Crippen LogP contribution in [0.4, 0.5) is 15.3 Å². The average Bonchev–Trinajstić information content (AvgIpc) is 2.86. The van der Waals surface area contributed by atoms with E-state index < -0.39 is 12.1 Å². The first-order chi connectivity index (χ1) is 10.5. The van der Waals surface area contributed by atoms with E-state index in [1.165, 1.54) is 7.11 Å². The Morgan fingerprint density at radius 1 is 1.23 bits per heavy atom. The number of methoxy groups -OCH3 is 1. The molecule has 1 aromatic rings. The summed E-state index contributed by atoms with van der Waals surface area (Å²) in [5.74, 6) is -0.0601. The Morgan fingerprint density at radius 2 is 1.91 bits per heavy atom. The maximum absolute atomic E-state index is 12.0. The molecule has 4 amide bonds. The molecular formula is C14H18N4O4. The number of benzene rings is 1. The van der Waals surface area contributed by atoms with E-state index in [-0.39, 0.29) is 18.4 Å². The number of urea groups is 1. The zero-order valence-corrected chi connectivity index (χ0v) is 12.4. The SMILES string of the molecule is COC(=O)NNC(=O)N[C@@H]1CC(=O)N(c2ccc(C)cc2)C1. The fourth-order valence-electron chi connectivity index (χ4n) is 2.16. The summed E-state index contributed by atoms with van der Waals surface area (Å²) in [6.07, 6.45) is -0.571. The van der Waals surface area contributed by atoms with E-state index in [0.717, 1.165) is 11.3 Å². The Bertz CT molecular complexity index is 573. The molecule has 3 N–H and O–H groups in total. The van der Waals surface area contributed by atoms with Crippen LogP contribution in [0, 0.1) is 6.92 Å². The van der Waals surface area contributed by atoms with Crippen LogP contribution in [0.3, 0.4) is 0 Å². The van der Waals surface area contributed by atoms with Crippen molar-refractivity contribution in [3.8, 4) is 0 Å². The van der Waals surface area contributed by atoms with Gasteiger partial charge < -0.3 is 15.0 Å². The lowest BCUT2D eigenvalue weighted by molar-refractivity contribution is -0.117. The lowest BCUT2D eigenvalue weighted by Gasteiger charge is -2.17. The van der Waals surface area contributed by atoms with E-state index in [2.05, 4.69) is 15.5 Å². The molecule has 118 valence electrons. The summed E-state index contributed by atoms with van der Waals surface area (Å²) in [6, 6.07) is 6.66. The van der Waals surface area contributed by atoms with Crippen molar-refractivity contribution >= 4 is 23.7 Å². The number of ether oxygens (including phenoxy) is 1. The second-order valence-electron chi connectivity index (χ2n) is 4.96. The quantitative estimate of drug-likeness (QED) is 0.699. The minimum absolute atomic E-state index is 0.0601. The number of anilines is 1. The van der Waals surface area contributed by atoms with Crippen LogP contribution >= 0.6 is 0 Å². The van der Waals surface area contributed by atoms with Gasteiger partial charge >= 0.3 is 12.1 Å². The van der Waals surface area contributed by atoms with Gasteiger partial charge in [0, 0.05) is 18.7 Å². The Labute approximate surface area is 127 Å². The van der Waals surface area contributed by atoms with Gasteiger partial charge in [-0.05, 0) is 19.1 Å². The molecule has 1 aliphatic rings. The summed E-state index contributed by atoms with van der Waals surface area (Å²) in [4.78, 5) is 36.1. The summed E-state index contributed by atoms with van der Waals surface area (Å²) >= 11 is 0. The number of hydrogen-bond donors (Lipinski definition) is 3. The van der Waals surface area contributed by atoms with Crippen LogP contribution < -0.4 is 21.1 Å². The number of carbonyl (C=O) groups excluding carboxylic acids is 3. The molecule has 0 aliphatic carbocycles. The van der Waals surface area contributed by atoms with Crippen molar-refractivity contribution in [1.82, 2.24) is 16.2 Å². The number of nitrogens with one attached hydrogen (secondary N) is 3. The third-order valence-corrected chi connectivity index (χ3v) is 3.27. The van der Waals surface area contributed by atoms with E-state index in [4.69, 9.17) is 0 Å². The minimum Gasteiger partial charge on any atom is -0.452 e. The second kappa shape index (κ2) is 6.79. The van der Waals surface area contributed by atoms with Gasteiger partial charge in [-0.3, -0.25) is 4.79 Å². The molecule has 1 atom stereocenters. The summed E-state index contributed by atoms with van der Waals surface area (Å²) in [7, 11) is 1.18. The van der Waals surface area contributed by atoms with Crippen LogP contribution in [-0.4, -0.2) is 37.7 Å². The van der Waals surface area contributed by atoms with Crippen LogP contribution in [0.1, 0.15) is 12.0 Å². The predicted octanol–water partition coefficient (Wildman–Crippen LogP) is 0.671. The first-order valence-corrected chi connectivity index (χ1v) is 6.77. The van der Waals surface area contributed by atoms with E-state index in [0.29, 0.717) is 6.54 Å². The molecule has 1 aromatic carbocycles. The van der Waals surface area contributed by atoms with E-state index in [9.17, 15) is 14.4 Å². The number of amides is 4. The van der Waals surface area contributed by atoms with Gasteiger partial charge in [0.25, 0.3) is 0 Å². The number of aryl methyl sites for hydroxylation is 1. The van der Waals surface area contributed by atoms with Crippen molar-refractivity contribution < 1.29 is 19.1 Å². The summed E-state index contributed by atoms with van der Waals surface area (Å²) in [6.45, 7) is 2.35. The molecule has 0 radical (unpaired) electrons. The summed E-state index contributed by atoms with van der Waals surface area (Å²) in [5.41, 5.74) is 6.09. The zero-order valence-electron chi connectivity index (χ0n) is 12.4.